The van der Waals surface area contributed by atoms with Crippen LogP contribution in [0.2, 0.25) is 0 Å². The van der Waals surface area contributed by atoms with Crippen molar-refractivity contribution >= 4 is 5.69 Å². The van der Waals surface area contributed by atoms with E-state index in [4.69, 9.17) is 4.74 Å². The number of aliphatic hydroxyl groups is 2. The van der Waals surface area contributed by atoms with Crippen LogP contribution >= 0.6 is 0 Å². The number of hydrogen-bond donors (Lipinski definition) is 3. The van der Waals surface area contributed by atoms with Gasteiger partial charge >= 0.3 is 6.18 Å². The van der Waals surface area contributed by atoms with E-state index in [-0.39, 0.29) is 5.69 Å². The number of alkyl halides is 3. The Morgan fingerprint density at radius 2 is 1.39 bits per heavy atom. The van der Waals surface area contributed by atoms with Crippen molar-refractivity contribution < 1.29 is 33.2 Å². The zero-order valence-electron chi connectivity index (χ0n) is 26.9. The maximum absolute atomic E-state index is 14.4. The fraction of sp³-hybridized carbons (Fsp3) is 0.256. The predicted molar refractivity (Wildman–Crippen MR) is 180 cm³/mol. The number of rotatable bonds is 8. The third kappa shape index (κ3) is 5.54. The molecule has 5 aromatic rings. The van der Waals surface area contributed by atoms with Gasteiger partial charge in [0.1, 0.15) is 5.75 Å². The summed E-state index contributed by atoms with van der Waals surface area (Å²) in [5, 5.41) is 38.1. The number of nitrogens with zero attached hydrogens (tertiary/aromatic N) is 3. The number of allylic oxidation sites excluding steroid dienone is 1. The van der Waals surface area contributed by atoms with Crippen molar-refractivity contribution in [2.24, 2.45) is 5.92 Å². The first-order valence-corrected chi connectivity index (χ1v) is 16.1. The molecule has 49 heavy (non-hydrogen) atoms. The number of benzene rings is 4. The first-order chi connectivity index (χ1) is 23.5. The molecule has 0 amide bonds. The maximum atomic E-state index is 14.4. The van der Waals surface area contributed by atoms with Crippen LogP contribution in [-0.4, -0.2) is 51.5 Å². The zero-order chi connectivity index (χ0) is 34.5. The fourth-order valence-corrected chi connectivity index (χ4v) is 7.65. The number of ether oxygens (including phenoxy) is 1. The number of likely N-dealkylation sites (N-methyl/N-ethyl adjacent to an activating group) is 1. The van der Waals surface area contributed by atoms with Crippen molar-refractivity contribution in [3.8, 4) is 17.3 Å². The van der Waals surface area contributed by atoms with Crippen LogP contribution in [0.25, 0.3) is 5.69 Å². The molecule has 1 saturated carbocycles. The molecule has 3 N–H and O–H groups in total. The SMILES string of the molecule is COc1ccc2c(c1)C(Cc1ccccc1)(Cc1ccccc1)C(=CC1C(O)C(c3c(C(F)(F)F)nn(-c4ccccc4)c3O)C1O)N2C. The molecule has 0 saturated heterocycles. The molecule has 1 aliphatic heterocycles. The minimum atomic E-state index is -4.94. The van der Waals surface area contributed by atoms with E-state index in [1.807, 2.05) is 66.5 Å². The summed E-state index contributed by atoms with van der Waals surface area (Å²) in [5.74, 6) is -2.46. The Kier molecular flexibility index (Phi) is 8.24. The van der Waals surface area contributed by atoms with E-state index >= 15 is 0 Å². The average Bonchev–Trinajstić information content (AvgIpc) is 3.55. The molecule has 1 fully saturated rings. The Labute approximate surface area is 282 Å². The van der Waals surface area contributed by atoms with Gasteiger partial charge in [-0.15, -0.1) is 0 Å². The highest BCUT2D eigenvalue weighted by molar-refractivity contribution is 5.73. The van der Waals surface area contributed by atoms with Gasteiger partial charge in [-0.05, 0) is 59.9 Å². The molecule has 0 radical (unpaired) electrons. The number of methoxy groups -OCH3 is 1. The molecule has 252 valence electrons. The molecule has 2 aliphatic rings. The molecule has 2 unspecified atom stereocenters. The van der Waals surface area contributed by atoms with Crippen LogP contribution < -0.4 is 9.64 Å². The van der Waals surface area contributed by atoms with Crippen molar-refractivity contribution in [1.82, 2.24) is 9.78 Å². The molecule has 2 heterocycles. The van der Waals surface area contributed by atoms with Gasteiger partial charge in [0.15, 0.2) is 5.69 Å². The van der Waals surface area contributed by atoms with Gasteiger partial charge in [-0.3, -0.25) is 0 Å². The summed E-state index contributed by atoms with van der Waals surface area (Å²) in [6.45, 7) is 0. The Hall–Kier alpha value is -5.06. The summed E-state index contributed by atoms with van der Waals surface area (Å²) in [4.78, 5) is 2.03. The van der Waals surface area contributed by atoms with Crippen LogP contribution in [0.5, 0.6) is 11.6 Å². The first kappa shape index (κ1) is 32.5. The van der Waals surface area contributed by atoms with Gasteiger partial charge in [0, 0.05) is 35.7 Å². The van der Waals surface area contributed by atoms with Crippen LogP contribution in [0, 0.1) is 5.92 Å². The Balaban J connectivity index is 1.35. The molecule has 0 bridgehead atoms. The molecule has 1 aliphatic carbocycles. The fourth-order valence-electron chi connectivity index (χ4n) is 7.65. The molecule has 1 aromatic heterocycles. The summed E-state index contributed by atoms with van der Waals surface area (Å²) in [5.41, 5.74) is 2.37. The lowest BCUT2D eigenvalue weighted by Crippen LogP contribution is -2.53. The second-order valence-electron chi connectivity index (χ2n) is 12.8. The van der Waals surface area contributed by atoms with E-state index in [9.17, 15) is 28.5 Å². The van der Waals surface area contributed by atoms with Gasteiger partial charge < -0.3 is 25.0 Å². The van der Waals surface area contributed by atoms with E-state index in [1.54, 1.807) is 31.4 Å². The Morgan fingerprint density at radius 1 is 0.837 bits per heavy atom. The third-order valence-corrected chi connectivity index (χ3v) is 10.0. The standard InChI is InChI=1S/C39H36F3N3O4/c1-44-30-19-18-27(49-2)20-29(30)38(22-24-12-6-3-7-13-24,23-25-14-8-4-9-15-25)31(44)21-28-34(46)32(35(28)47)33-36(39(40,41)42)43-45(37(33)48)26-16-10-5-11-17-26/h3-21,28,32,34-35,46-48H,22-23H2,1-2H3. The predicted octanol–water partition coefficient (Wildman–Crippen LogP) is 6.80. The molecular weight excluding hydrogens is 631 g/mol. The largest absolute Gasteiger partial charge is 0.497 e. The number of para-hydroxylation sites is 1. The lowest BCUT2D eigenvalue weighted by Gasteiger charge is -2.46. The molecule has 0 spiro atoms. The summed E-state index contributed by atoms with van der Waals surface area (Å²) in [6.07, 6.45) is -4.91. The molecule has 10 heteroatoms. The number of aromatic hydroxyl groups is 1. The Morgan fingerprint density at radius 3 is 1.92 bits per heavy atom. The minimum Gasteiger partial charge on any atom is -0.497 e. The number of hydrogen-bond acceptors (Lipinski definition) is 6. The normalized spacial score (nSPS) is 22.2. The number of halogens is 3. The van der Waals surface area contributed by atoms with E-state index in [0.29, 0.717) is 18.6 Å². The second kappa shape index (κ2) is 12.4. The van der Waals surface area contributed by atoms with Gasteiger partial charge in [-0.25, -0.2) is 4.68 Å². The van der Waals surface area contributed by atoms with Gasteiger partial charge in [0.2, 0.25) is 5.88 Å². The zero-order valence-corrected chi connectivity index (χ0v) is 26.9. The number of aliphatic hydroxyl groups excluding tert-OH is 2. The van der Waals surface area contributed by atoms with Crippen molar-refractivity contribution in [1.29, 1.82) is 0 Å². The molecule has 4 aromatic carbocycles. The van der Waals surface area contributed by atoms with E-state index < -0.39 is 52.8 Å². The van der Waals surface area contributed by atoms with Crippen LogP contribution in [0.3, 0.4) is 0 Å². The van der Waals surface area contributed by atoms with Crippen LogP contribution in [-0.2, 0) is 24.4 Å². The van der Waals surface area contributed by atoms with Crippen LogP contribution in [0.1, 0.15) is 33.9 Å². The minimum absolute atomic E-state index is 0.214. The highest BCUT2D eigenvalue weighted by atomic mass is 19.4. The molecular formula is C39H36F3N3O4. The highest BCUT2D eigenvalue weighted by Gasteiger charge is 2.56. The summed E-state index contributed by atoms with van der Waals surface area (Å²) in [7, 11) is 3.53. The topological polar surface area (TPSA) is 91.0 Å². The smallest absolute Gasteiger partial charge is 0.435 e. The molecule has 7 rings (SSSR count). The summed E-state index contributed by atoms with van der Waals surface area (Å²) in [6, 6.07) is 33.8. The van der Waals surface area contributed by atoms with Crippen molar-refractivity contribution in [3.05, 3.63) is 149 Å². The average molecular weight is 668 g/mol. The number of fused-ring (bicyclic) bond motifs is 1. The van der Waals surface area contributed by atoms with Gasteiger partial charge in [0.25, 0.3) is 0 Å². The first-order valence-electron chi connectivity index (χ1n) is 16.1. The number of anilines is 1. The molecule has 2 atom stereocenters. The monoisotopic (exact) mass is 667 g/mol. The highest BCUT2D eigenvalue weighted by Crippen LogP contribution is 2.55. The van der Waals surface area contributed by atoms with Crippen LogP contribution in [0.4, 0.5) is 18.9 Å². The van der Waals surface area contributed by atoms with Gasteiger partial charge in [-0.1, -0.05) is 84.9 Å². The van der Waals surface area contributed by atoms with Crippen molar-refractivity contribution in [3.63, 3.8) is 0 Å². The van der Waals surface area contributed by atoms with Crippen LogP contribution in [0.15, 0.2) is 121 Å². The van der Waals surface area contributed by atoms with E-state index in [1.165, 1.54) is 12.1 Å². The van der Waals surface area contributed by atoms with Crippen molar-refractivity contribution in [2.75, 3.05) is 19.1 Å². The molecule has 7 nitrogen and oxygen atoms in total. The lowest BCUT2D eigenvalue weighted by atomic mass is 9.63. The third-order valence-electron chi connectivity index (χ3n) is 10.0. The lowest BCUT2D eigenvalue weighted by molar-refractivity contribution is -0.145. The van der Waals surface area contributed by atoms with Crippen molar-refractivity contribution in [2.45, 2.75) is 42.6 Å². The summed E-state index contributed by atoms with van der Waals surface area (Å²) < 4.78 is 49.5. The Bertz CT molecular complexity index is 1930. The quantitative estimate of drug-likeness (QED) is 0.169. The van der Waals surface area contributed by atoms with Gasteiger partial charge in [0.05, 0.1) is 30.6 Å². The second-order valence-corrected chi connectivity index (χ2v) is 12.8. The number of aromatic nitrogens is 2. The maximum Gasteiger partial charge on any atom is 0.435 e. The van der Waals surface area contributed by atoms with E-state index in [0.717, 1.165) is 32.8 Å². The van der Waals surface area contributed by atoms with Gasteiger partial charge in [-0.2, -0.15) is 18.3 Å². The summed E-state index contributed by atoms with van der Waals surface area (Å²) >= 11 is 0. The van der Waals surface area contributed by atoms with E-state index in [2.05, 4.69) is 29.4 Å².